The van der Waals surface area contributed by atoms with E-state index in [1.807, 2.05) is 0 Å². The minimum absolute atomic E-state index is 0.130. The highest BCUT2D eigenvalue weighted by Crippen LogP contribution is 2.45. The van der Waals surface area contributed by atoms with Crippen molar-refractivity contribution in [3.8, 4) is 11.5 Å². The molecule has 0 aliphatic carbocycles. The Hall–Kier alpha value is -3.84. The number of methoxy groups -OCH3 is 2. The van der Waals surface area contributed by atoms with Gasteiger partial charge in [-0.3, -0.25) is 19.5 Å². The van der Waals surface area contributed by atoms with Gasteiger partial charge in [-0.15, -0.1) is 0 Å². The minimum Gasteiger partial charge on any atom is -0.507 e. The fourth-order valence-electron chi connectivity index (χ4n) is 3.69. The van der Waals surface area contributed by atoms with Crippen LogP contribution in [0.25, 0.3) is 5.76 Å². The largest absolute Gasteiger partial charge is 0.507 e. The number of carbonyl (C=O) groups is 2. The number of halogens is 1. The zero-order valence-electron chi connectivity index (χ0n) is 17.3. The van der Waals surface area contributed by atoms with E-state index in [-0.39, 0.29) is 16.2 Å². The van der Waals surface area contributed by atoms with Gasteiger partial charge in [-0.2, -0.15) is 0 Å². The standard InChI is InChI=1S/C24H19ClN2O5/c1-31-14-10-11-16(25)15(13-14)22(28)20-21(17-7-5-6-12-26-17)27(24(30)23(20)29)18-8-3-4-9-19(18)32-2/h3-13,21,28H,1-2H3/b22-20+. The summed E-state index contributed by atoms with van der Waals surface area (Å²) in [5.41, 5.74) is 0.821. The first-order valence-electron chi connectivity index (χ1n) is 9.66. The molecule has 8 heteroatoms. The normalized spacial score (nSPS) is 17.5. The summed E-state index contributed by atoms with van der Waals surface area (Å²) in [5, 5.41) is 11.4. The molecule has 1 amide bonds. The molecule has 2 aromatic carbocycles. The number of hydrogen-bond donors (Lipinski definition) is 1. The number of amides is 1. The van der Waals surface area contributed by atoms with Crippen molar-refractivity contribution in [1.82, 2.24) is 4.98 Å². The van der Waals surface area contributed by atoms with Gasteiger partial charge in [-0.25, -0.2) is 0 Å². The van der Waals surface area contributed by atoms with Gasteiger partial charge in [0.1, 0.15) is 23.3 Å². The highest BCUT2D eigenvalue weighted by atomic mass is 35.5. The molecule has 1 atom stereocenters. The molecule has 1 aliphatic heterocycles. The summed E-state index contributed by atoms with van der Waals surface area (Å²) in [6.07, 6.45) is 1.55. The summed E-state index contributed by atoms with van der Waals surface area (Å²) in [5.74, 6) is -1.26. The molecule has 32 heavy (non-hydrogen) atoms. The van der Waals surface area contributed by atoms with Gasteiger partial charge in [0.25, 0.3) is 11.7 Å². The SMILES string of the molecule is COc1ccc(Cl)c(/C(O)=C2\C(=O)C(=O)N(c3ccccc3OC)C2c2ccccn2)c1. The van der Waals surface area contributed by atoms with Crippen LogP contribution in [0.3, 0.4) is 0 Å². The van der Waals surface area contributed by atoms with Crippen molar-refractivity contribution in [3.05, 3.63) is 88.7 Å². The second-order valence-corrected chi connectivity index (χ2v) is 7.35. The second kappa shape index (κ2) is 8.72. The van der Waals surface area contributed by atoms with E-state index in [1.54, 1.807) is 60.8 Å². The lowest BCUT2D eigenvalue weighted by Gasteiger charge is -2.26. The number of benzene rings is 2. The monoisotopic (exact) mass is 450 g/mol. The molecule has 1 aromatic heterocycles. The Labute approximate surface area is 189 Å². The maximum atomic E-state index is 13.2. The summed E-state index contributed by atoms with van der Waals surface area (Å²) in [7, 11) is 2.95. The predicted octanol–water partition coefficient (Wildman–Crippen LogP) is 4.38. The molecule has 1 N–H and O–H groups in total. The maximum absolute atomic E-state index is 13.2. The first-order chi connectivity index (χ1) is 15.5. The summed E-state index contributed by atoms with van der Waals surface area (Å²) < 4.78 is 10.6. The molecular weight excluding hydrogens is 432 g/mol. The van der Waals surface area contributed by atoms with Crippen LogP contribution in [0.5, 0.6) is 11.5 Å². The van der Waals surface area contributed by atoms with E-state index in [0.29, 0.717) is 22.9 Å². The van der Waals surface area contributed by atoms with E-state index >= 15 is 0 Å². The number of hydrogen-bond acceptors (Lipinski definition) is 6. The summed E-state index contributed by atoms with van der Waals surface area (Å²) in [6, 6.07) is 15.7. The average molecular weight is 451 g/mol. The van der Waals surface area contributed by atoms with Crippen molar-refractivity contribution in [2.45, 2.75) is 6.04 Å². The van der Waals surface area contributed by atoms with Crippen molar-refractivity contribution in [3.63, 3.8) is 0 Å². The lowest BCUT2D eigenvalue weighted by molar-refractivity contribution is -0.132. The van der Waals surface area contributed by atoms with Crippen molar-refractivity contribution in [1.29, 1.82) is 0 Å². The van der Waals surface area contributed by atoms with Crippen LogP contribution in [0.15, 0.2) is 72.4 Å². The zero-order valence-corrected chi connectivity index (χ0v) is 18.0. The van der Waals surface area contributed by atoms with E-state index < -0.39 is 23.5 Å². The Balaban J connectivity index is 1.99. The number of rotatable bonds is 5. The Morgan fingerprint density at radius 3 is 2.47 bits per heavy atom. The van der Waals surface area contributed by atoms with E-state index in [4.69, 9.17) is 21.1 Å². The number of carbonyl (C=O) groups excluding carboxylic acids is 2. The second-order valence-electron chi connectivity index (χ2n) is 6.94. The van der Waals surface area contributed by atoms with Crippen LogP contribution < -0.4 is 14.4 Å². The third kappa shape index (κ3) is 3.56. The van der Waals surface area contributed by atoms with E-state index in [2.05, 4.69) is 4.98 Å². The van der Waals surface area contributed by atoms with Crippen LogP contribution in [0.1, 0.15) is 17.3 Å². The number of aliphatic hydroxyl groups is 1. The van der Waals surface area contributed by atoms with Crippen LogP contribution in [-0.4, -0.2) is 36.0 Å². The molecular formula is C24H19ClN2O5. The fourth-order valence-corrected chi connectivity index (χ4v) is 3.89. The quantitative estimate of drug-likeness (QED) is 0.352. The van der Waals surface area contributed by atoms with Crippen LogP contribution in [-0.2, 0) is 9.59 Å². The van der Waals surface area contributed by atoms with Gasteiger partial charge in [0, 0.05) is 11.8 Å². The maximum Gasteiger partial charge on any atom is 0.300 e. The van der Waals surface area contributed by atoms with E-state index in [1.165, 1.54) is 25.2 Å². The third-order valence-electron chi connectivity index (χ3n) is 5.19. The lowest BCUT2D eigenvalue weighted by Crippen LogP contribution is -2.30. The van der Waals surface area contributed by atoms with Crippen LogP contribution in [0.2, 0.25) is 5.02 Å². The van der Waals surface area contributed by atoms with Gasteiger partial charge in [0.15, 0.2) is 0 Å². The predicted molar refractivity (Wildman–Crippen MR) is 120 cm³/mol. The Kier molecular flexibility index (Phi) is 5.83. The smallest absolute Gasteiger partial charge is 0.300 e. The molecule has 162 valence electrons. The first kappa shape index (κ1) is 21.4. The number of Topliss-reactive ketones (excluding diaryl/α,β-unsaturated/α-hetero) is 1. The molecule has 7 nitrogen and oxygen atoms in total. The summed E-state index contributed by atoms with van der Waals surface area (Å²) in [6.45, 7) is 0. The van der Waals surface area contributed by atoms with Gasteiger partial charge in [-0.05, 0) is 42.5 Å². The number of nitrogens with zero attached hydrogens (tertiary/aromatic N) is 2. The molecule has 2 heterocycles. The number of aliphatic hydroxyl groups excluding tert-OH is 1. The van der Waals surface area contributed by atoms with Gasteiger partial charge in [0.05, 0.1) is 36.2 Å². The minimum atomic E-state index is -0.991. The van der Waals surface area contributed by atoms with Crippen LogP contribution in [0.4, 0.5) is 5.69 Å². The zero-order chi connectivity index (χ0) is 22.8. The number of anilines is 1. The summed E-state index contributed by atoms with van der Waals surface area (Å²) >= 11 is 6.31. The number of ketones is 1. The molecule has 0 spiro atoms. The molecule has 3 aromatic rings. The average Bonchev–Trinajstić information content (AvgIpc) is 3.09. The Morgan fingerprint density at radius 1 is 1.03 bits per heavy atom. The van der Waals surface area contributed by atoms with Gasteiger partial charge in [0.2, 0.25) is 0 Å². The number of pyridine rings is 1. The fraction of sp³-hybridized carbons (Fsp3) is 0.125. The molecule has 1 unspecified atom stereocenters. The van der Waals surface area contributed by atoms with Crippen molar-refractivity contribution in [2.24, 2.45) is 0 Å². The Bertz CT molecular complexity index is 1230. The topological polar surface area (TPSA) is 89.0 Å². The molecule has 0 bridgehead atoms. The van der Waals surface area contributed by atoms with Crippen LogP contribution in [0, 0.1) is 0 Å². The van der Waals surface area contributed by atoms with E-state index in [9.17, 15) is 14.7 Å². The molecule has 1 saturated heterocycles. The molecule has 1 aliphatic rings. The summed E-state index contributed by atoms with van der Waals surface area (Å²) in [4.78, 5) is 32.0. The number of aromatic nitrogens is 1. The van der Waals surface area contributed by atoms with Gasteiger partial charge >= 0.3 is 0 Å². The highest BCUT2D eigenvalue weighted by molar-refractivity contribution is 6.52. The Morgan fingerprint density at radius 2 is 1.78 bits per heavy atom. The molecule has 0 saturated carbocycles. The number of para-hydroxylation sites is 2. The van der Waals surface area contributed by atoms with Gasteiger partial charge in [-0.1, -0.05) is 29.8 Å². The first-order valence-corrected chi connectivity index (χ1v) is 10.0. The highest BCUT2D eigenvalue weighted by Gasteiger charge is 2.48. The third-order valence-corrected chi connectivity index (χ3v) is 5.52. The molecule has 0 radical (unpaired) electrons. The van der Waals surface area contributed by atoms with Crippen LogP contribution >= 0.6 is 11.6 Å². The molecule has 1 fully saturated rings. The van der Waals surface area contributed by atoms with E-state index in [0.717, 1.165) is 0 Å². The van der Waals surface area contributed by atoms with Gasteiger partial charge < -0.3 is 14.6 Å². The molecule has 4 rings (SSSR count). The number of ether oxygens (including phenoxy) is 2. The van der Waals surface area contributed by atoms with Crippen molar-refractivity contribution >= 4 is 34.7 Å². The lowest BCUT2D eigenvalue weighted by atomic mass is 9.98. The van der Waals surface area contributed by atoms with Crippen molar-refractivity contribution < 1.29 is 24.2 Å². The van der Waals surface area contributed by atoms with Crippen molar-refractivity contribution in [2.75, 3.05) is 19.1 Å².